The van der Waals surface area contributed by atoms with Crippen molar-refractivity contribution in [2.24, 2.45) is 0 Å². The Morgan fingerprint density at radius 2 is 2.31 bits per heavy atom. The quantitative estimate of drug-likeness (QED) is 0.657. The van der Waals surface area contributed by atoms with Crippen LogP contribution in [-0.2, 0) is 6.42 Å². The number of nitrogens with zero attached hydrogens (tertiary/aromatic N) is 1. The zero-order valence-electron chi connectivity index (χ0n) is 7.84. The predicted molar refractivity (Wildman–Crippen MR) is 48.5 cm³/mol. The fraction of sp³-hybridized carbons (Fsp3) is 0.700. The molecule has 70 valence electrons. The van der Waals surface area contributed by atoms with Gasteiger partial charge in [-0.15, -0.1) is 0 Å². The second-order valence-corrected chi connectivity index (χ2v) is 4.14. The van der Waals surface area contributed by atoms with Gasteiger partial charge in [-0.05, 0) is 26.2 Å². The van der Waals surface area contributed by atoms with Crippen molar-refractivity contribution < 1.29 is 4.52 Å². The Hall–Kier alpha value is -0.830. The van der Waals surface area contributed by atoms with E-state index >= 15 is 0 Å². The van der Waals surface area contributed by atoms with E-state index in [0.29, 0.717) is 12.1 Å². The number of aryl methyl sites for hydroxylation is 2. The maximum absolute atomic E-state index is 5.33. The third-order valence-corrected chi connectivity index (χ3v) is 3.29. The monoisotopic (exact) mass is 178 g/mol. The molecule has 1 saturated heterocycles. The maximum atomic E-state index is 5.33. The van der Waals surface area contributed by atoms with Crippen molar-refractivity contribution in [2.45, 2.75) is 44.7 Å². The van der Waals surface area contributed by atoms with Gasteiger partial charge < -0.3 is 9.84 Å². The lowest BCUT2D eigenvalue weighted by Crippen LogP contribution is -2.22. The summed E-state index contributed by atoms with van der Waals surface area (Å²) in [5, 5.41) is 7.68. The summed E-state index contributed by atoms with van der Waals surface area (Å²) >= 11 is 0. The van der Waals surface area contributed by atoms with Crippen LogP contribution in [0.15, 0.2) is 4.52 Å². The molecule has 3 rings (SSSR count). The summed E-state index contributed by atoms with van der Waals surface area (Å²) in [7, 11) is 0. The number of aromatic nitrogens is 1. The number of nitrogens with one attached hydrogen (secondary N) is 1. The summed E-state index contributed by atoms with van der Waals surface area (Å²) in [6, 6.07) is 1.24. The maximum Gasteiger partial charge on any atom is 0.141 e. The van der Waals surface area contributed by atoms with E-state index in [1.807, 2.05) is 6.92 Å². The topological polar surface area (TPSA) is 38.1 Å². The van der Waals surface area contributed by atoms with Crippen molar-refractivity contribution in [2.75, 3.05) is 0 Å². The highest BCUT2D eigenvalue weighted by Gasteiger charge is 2.33. The van der Waals surface area contributed by atoms with E-state index in [-0.39, 0.29) is 0 Å². The summed E-state index contributed by atoms with van der Waals surface area (Å²) in [6.45, 7) is 2.04. The largest absolute Gasteiger partial charge is 0.361 e. The fourth-order valence-electron chi connectivity index (χ4n) is 2.63. The van der Waals surface area contributed by atoms with Crippen molar-refractivity contribution in [1.82, 2.24) is 10.5 Å². The van der Waals surface area contributed by atoms with Gasteiger partial charge in [0.2, 0.25) is 0 Å². The van der Waals surface area contributed by atoms with Crippen LogP contribution in [0.2, 0.25) is 0 Å². The van der Waals surface area contributed by atoms with Gasteiger partial charge in [0.1, 0.15) is 5.76 Å². The van der Waals surface area contributed by atoms with E-state index < -0.39 is 0 Å². The van der Waals surface area contributed by atoms with Crippen LogP contribution < -0.4 is 5.32 Å². The molecule has 3 nitrogen and oxygen atoms in total. The molecule has 0 spiro atoms. The second-order valence-electron chi connectivity index (χ2n) is 4.14. The van der Waals surface area contributed by atoms with E-state index in [2.05, 4.69) is 10.5 Å². The van der Waals surface area contributed by atoms with E-state index in [9.17, 15) is 0 Å². The van der Waals surface area contributed by atoms with Crippen LogP contribution in [0.1, 0.15) is 42.3 Å². The van der Waals surface area contributed by atoms with Crippen molar-refractivity contribution in [3.8, 4) is 0 Å². The van der Waals surface area contributed by atoms with E-state index in [1.54, 1.807) is 0 Å². The lowest BCUT2D eigenvalue weighted by atomic mass is 9.98. The highest BCUT2D eigenvalue weighted by Crippen LogP contribution is 2.36. The number of fused-ring (bicyclic) bond motifs is 4. The van der Waals surface area contributed by atoms with Gasteiger partial charge in [-0.25, -0.2) is 0 Å². The molecule has 13 heavy (non-hydrogen) atoms. The molecule has 0 aliphatic carbocycles. The summed E-state index contributed by atoms with van der Waals surface area (Å²) < 4.78 is 5.33. The lowest BCUT2D eigenvalue weighted by Gasteiger charge is -2.08. The number of hydrogen-bond donors (Lipinski definition) is 1. The van der Waals surface area contributed by atoms with Crippen LogP contribution in [0.3, 0.4) is 0 Å². The van der Waals surface area contributed by atoms with Crippen molar-refractivity contribution in [3.63, 3.8) is 0 Å². The Balaban J connectivity index is 2.09. The van der Waals surface area contributed by atoms with E-state index in [0.717, 1.165) is 17.9 Å². The average molecular weight is 178 g/mol. The van der Waals surface area contributed by atoms with Gasteiger partial charge in [-0.2, -0.15) is 0 Å². The molecule has 0 unspecified atom stereocenters. The first-order chi connectivity index (χ1) is 6.34. The highest BCUT2D eigenvalue weighted by molar-refractivity contribution is 5.28. The lowest BCUT2D eigenvalue weighted by molar-refractivity contribution is 0.372. The van der Waals surface area contributed by atoms with E-state index in [1.165, 1.54) is 24.8 Å². The molecule has 2 aliphatic rings. The highest BCUT2D eigenvalue weighted by atomic mass is 16.5. The van der Waals surface area contributed by atoms with Gasteiger partial charge in [0.25, 0.3) is 0 Å². The Morgan fingerprint density at radius 3 is 3.23 bits per heavy atom. The molecule has 1 N–H and O–H groups in total. The Kier molecular flexibility index (Phi) is 1.50. The summed E-state index contributed by atoms with van der Waals surface area (Å²) in [5.74, 6) is 1.12. The molecule has 0 radical (unpaired) electrons. The fourth-order valence-corrected chi connectivity index (χ4v) is 2.63. The third-order valence-electron chi connectivity index (χ3n) is 3.29. The minimum Gasteiger partial charge on any atom is -0.361 e. The molecule has 0 aromatic carbocycles. The van der Waals surface area contributed by atoms with Crippen molar-refractivity contribution >= 4 is 0 Å². The zero-order chi connectivity index (χ0) is 8.84. The van der Waals surface area contributed by atoms with Gasteiger partial charge in [-0.1, -0.05) is 5.16 Å². The van der Waals surface area contributed by atoms with Crippen LogP contribution in [0.4, 0.5) is 0 Å². The molecule has 1 aromatic heterocycles. The van der Waals surface area contributed by atoms with Crippen LogP contribution in [0, 0.1) is 6.92 Å². The van der Waals surface area contributed by atoms with Crippen molar-refractivity contribution in [3.05, 3.63) is 17.0 Å². The van der Waals surface area contributed by atoms with Crippen LogP contribution in [0.5, 0.6) is 0 Å². The molecule has 3 heterocycles. The first-order valence-electron chi connectivity index (χ1n) is 5.05. The normalized spacial score (nSPS) is 31.5. The zero-order valence-corrected chi connectivity index (χ0v) is 7.84. The molecule has 3 heteroatoms. The molecular formula is C10H14N2O. The molecule has 2 aliphatic heterocycles. The molecule has 0 amide bonds. The van der Waals surface area contributed by atoms with Gasteiger partial charge in [0.05, 0.1) is 5.69 Å². The molecule has 2 atom stereocenters. The van der Waals surface area contributed by atoms with Crippen molar-refractivity contribution in [1.29, 1.82) is 0 Å². The standard InChI is InChI=1S/C10H14N2O/c1-6-10-8-4-2-7(11-8)3-5-9(10)13-12-6/h7-8,11H,2-5H2,1H3/t7-,8+/m0/s1. The Morgan fingerprint density at radius 1 is 1.38 bits per heavy atom. The third kappa shape index (κ3) is 1.03. The SMILES string of the molecule is Cc1noc2c1[C@H]1CC[C@@H](CC2)N1. The van der Waals surface area contributed by atoms with Gasteiger partial charge in [0.15, 0.2) is 0 Å². The predicted octanol–water partition coefficient (Wildman–Crippen LogP) is 1.72. The molecular weight excluding hydrogens is 164 g/mol. The number of hydrogen-bond acceptors (Lipinski definition) is 3. The molecule has 1 fully saturated rings. The van der Waals surface area contributed by atoms with E-state index in [4.69, 9.17) is 4.52 Å². The van der Waals surface area contributed by atoms with Gasteiger partial charge >= 0.3 is 0 Å². The van der Waals surface area contributed by atoms with Crippen LogP contribution in [-0.4, -0.2) is 11.2 Å². The first-order valence-corrected chi connectivity index (χ1v) is 5.05. The minimum atomic E-state index is 0.522. The Labute approximate surface area is 77.5 Å². The summed E-state index contributed by atoms with van der Waals surface area (Å²) in [4.78, 5) is 0. The minimum absolute atomic E-state index is 0.522. The van der Waals surface area contributed by atoms with Gasteiger partial charge in [0, 0.05) is 24.1 Å². The smallest absolute Gasteiger partial charge is 0.141 e. The average Bonchev–Trinajstić information content (AvgIpc) is 2.60. The second kappa shape index (κ2) is 2.58. The molecule has 0 saturated carbocycles. The van der Waals surface area contributed by atoms with Crippen LogP contribution in [0.25, 0.3) is 0 Å². The molecule has 1 aromatic rings. The summed E-state index contributed by atoms with van der Waals surface area (Å²) in [5.41, 5.74) is 2.43. The van der Waals surface area contributed by atoms with Gasteiger partial charge in [-0.3, -0.25) is 0 Å². The number of rotatable bonds is 0. The van der Waals surface area contributed by atoms with Crippen LogP contribution >= 0.6 is 0 Å². The molecule has 2 bridgehead atoms. The Bertz CT molecular complexity index is 332. The first kappa shape index (κ1) is 7.56. The summed E-state index contributed by atoms with van der Waals surface area (Å²) in [6.07, 6.45) is 4.83.